The maximum absolute atomic E-state index is 11.7. The van der Waals surface area contributed by atoms with E-state index in [0.717, 1.165) is 0 Å². The van der Waals surface area contributed by atoms with Gasteiger partial charge >= 0.3 is 12.6 Å². The molecule has 0 atom stereocenters. The average molecular weight is 211 g/mol. The molecule has 13 heavy (non-hydrogen) atoms. The molecule has 0 saturated heterocycles. The minimum absolute atomic E-state index is 0.362. The second-order valence-electron chi connectivity index (χ2n) is 2.02. The molecule has 0 N–H and O–H groups in total. The fraction of sp³-hybridized carbons (Fsp3) is 0.600. The first kappa shape index (κ1) is 12.0. The molecule has 8 heteroatoms. The van der Waals surface area contributed by atoms with E-state index in [4.69, 9.17) is 0 Å². The molecule has 1 nitrogen and oxygen atoms in total. The zero-order valence-electron chi connectivity index (χ0n) is 6.17. The molecule has 0 aromatic heterocycles. The van der Waals surface area contributed by atoms with Gasteiger partial charge in [0, 0.05) is 0 Å². The van der Waals surface area contributed by atoms with Gasteiger partial charge in [0.1, 0.15) is 6.33 Å². The van der Waals surface area contributed by atoms with Gasteiger partial charge in [-0.05, 0) is 6.92 Å². The molecule has 0 radical (unpaired) electrons. The second-order valence-corrected chi connectivity index (χ2v) is 2.02. The van der Waals surface area contributed by atoms with Crippen LogP contribution in [0.2, 0.25) is 0 Å². The van der Waals surface area contributed by atoms with Gasteiger partial charge in [-0.3, -0.25) is 0 Å². The van der Waals surface area contributed by atoms with Crippen molar-refractivity contribution in [3.05, 3.63) is 12.0 Å². The van der Waals surface area contributed by atoms with Crippen LogP contribution in [0.25, 0.3) is 0 Å². The van der Waals surface area contributed by atoms with Gasteiger partial charge in [0.15, 0.2) is 0 Å². The Morgan fingerprint density at radius 3 is 1.38 bits per heavy atom. The molecular weight excluding hydrogens is 207 g/mol. The van der Waals surface area contributed by atoms with E-state index in [9.17, 15) is 30.7 Å². The molecule has 0 fully saturated rings. The van der Waals surface area contributed by atoms with Crippen LogP contribution in [0.15, 0.2) is 12.0 Å². The normalized spacial score (nSPS) is 14.6. The largest absolute Gasteiger partial charge is 0.491 e. The van der Waals surface area contributed by atoms with Gasteiger partial charge < -0.3 is 0 Å². The Balaban J connectivity index is 5.01. The van der Waals surface area contributed by atoms with Crippen LogP contribution in [0, 0.1) is 0 Å². The summed E-state index contributed by atoms with van der Waals surface area (Å²) in [4.78, 5) is -1.92. The van der Waals surface area contributed by atoms with Gasteiger partial charge in [0.05, 0.1) is 5.70 Å². The van der Waals surface area contributed by atoms with Crippen LogP contribution in [0.5, 0.6) is 0 Å². The van der Waals surface area contributed by atoms with Gasteiger partial charge in [-0.1, -0.05) is 0 Å². The van der Waals surface area contributed by atoms with Crippen LogP contribution < -0.4 is 0 Å². The molecule has 0 aromatic rings. The molecule has 0 heterocycles. The number of rotatable bonds is 1. The summed E-state index contributed by atoms with van der Waals surface area (Å²) in [5, 5.41) is 0. The number of nitrogens with zero attached hydrogens (tertiary/aromatic N) is 1. The smallest absolute Gasteiger partial charge is 0.214 e. The molecule has 0 amide bonds. The predicted molar refractivity (Wildman–Crippen MR) is 28.8 cm³/mol. The highest BCUT2D eigenvalue weighted by molar-refractivity contribution is 4.95. The van der Waals surface area contributed by atoms with Crippen molar-refractivity contribution in [2.24, 2.45) is 0 Å². The van der Waals surface area contributed by atoms with Crippen molar-refractivity contribution in [1.82, 2.24) is 4.90 Å². The highest BCUT2D eigenvalue weighted by atomic mass is 19.4. The molecule has 0 aliphatic carbocycles. The number of alkyl halides is 6. The monoisotopic (exact) mass is 211 g/mol. The fourth-order valence-electron chi connectivity index (χ4n) is 0.592. The summed E-state index contributed by atoms with van der Waals surface area (Å²) in [5.74, 6) is 0. The Morgan fingerprint density at radius 1 is 1.00 bits per heavy atom. The minimum atomic E-state index is -5.68. The van der Waals surface area contributed by atoms with Crippen LogP contribution in [0.4, 0.5) is 30.7 Å². The lowest BCUT2D eigenvalue weighted by Gasteiger charge is -2.28. The van der Waals surface area contributed by atoms with Gasteiger partial charge in [0.2, 0.25) is 0 Å². The van der Waals surface area contributed by atoms with E-state index in [1.165, 1.54) is 0 Å². The van der Waals surface area contributed by atoms with Crippen LogP contribution in [-0.4, -0.2) is 17.5 Å². The highest BCUT2D eigenvalue weighted by Crippen LogP contribution is 2.36. The third-order valence-corrected chi connectivity index (χ3v) is 1.02. The zero-order chi connectivity index (χ0) is 10.9. The molecule has 0 rings (SSSR count). The molecule has 0 bridgehead atoms. The Kier molecular flexibility index (Phi) is 3.18. The van der Waals surface area contributed by atoms with Gasteiger partial charge in [-0.25, -0.2) is 4.39 Å². The van der Waals surface area contributed by atoms with Crippen LogP contribution in [0.3, 0.4) is 0 Å². The Morgan fingerprint density at radius 2 is 1.31 bits per heavy atom. The predicted octanol–water partition coefficient (Wildman–Crippen LogP) is 3.16. The first-order valence-electron chi connectivity index (χ1n) is 2.81. The SMILES string of the molecule is C/C(=C/F)N(C(F)(F)F)C(F)(F)F. The van der Waals surface area contributed by atoms with E-state index in [0.29, 0.717) is 6.92 Å². The molecule has 78 valence electrons. The van der Waals surface area contributed by atoms with Crippen LogP contribution in [0.1, 0.15) is 6.92 Å². The van der Waals surface area contributed by atoms with Gasteiger partial charge in [-0.15, -0.1) is 26.3 Å². The molecule has 0 unspecified atom stereocenters. The summed E-state index contributed by atoms with van der Waals surface area (Å²) in [6.07, 6.45) is -12.1. The maximum atomic E-state index is 11.7. The average Bonchev–Trinajstić information content (AvgIpc) is 1.80. The highest BCUT2D eigenvalue weighted by Gasteiger charge is 2.53. The van der Waals surface area contributed by atoms with E-state index in [1.54, 1.807) is 0 Å². The lowest BCUT2D eigenvalue weighted by molar-refractivity contribution is -0.359. The van der Waals surface area contributed by atoms with Crippen molar-refractivity contribution in [3.8, 4) is 0 Å². The third-order valence-electron chi connectivity index (χ3n) is 1.02. The Labute approximate surface area is 68.4 Å². The van der Waals surface area contributed by atoms with E-state index < -0.39 is 29.5 Å². The first-order chi connectivity index (χ1) is 5.60. The maximum Gasteiger partial charge on any atom is 0.491 e. The standard InChI is InChI=1S/C5H4F7N/c1-3(2-6)13(4(7,8)9)5(10,11)12/h2H,1H3/b3-2-. The number of allylic oxidation sites excluding steroid dienone is 1. The van der Waals surface area contributed by atoms with Crippen molar-refractivity contribution in [1.29, 1.82) is 0 Å². The lowest BCUT2D eigenvalue weighted by atomic mass is 10.5. The molecule has 0 aliphatic rings. The van der Waals surface area contributed by atoms with E-state index in [1.807, 2.05) is 0 Å². The molecule has 0 saturated carbocycles. The quantitative estimate of drug-likeness (QED) is 0.475. The summed E-state index contributed by atoms with van der Waals surface area (Å²) < 4.78 is 81.4. The third kappa shape index (κ3) is 3.11. The summed E-state index contributed by atoms with van der Waals surface area (Å²) in [6, 6.07) is 0. The van der Waals surface area contributed by atoms with Crippen LogP contribution >= 0.6 is 0 Å². The number of hydrogen-bond donors (Lipinski definition) is 0. The molecule has 0 aromatic carbocycles. The lowest BCUT2D eigenvalue weighted by Crippen LogP contribution is -2.46. The van der Waals surface area contributed by atoms with E-state index in [-0.39, 0.29) is 0 Å². The summed E-state index contributed by atoms with van der Waals surface area (Å²) in [7, 11) is 0. The van der Waals surface area contributed by atoms with Gasteiger partial charge in [-0.2, -0.15) is 4.90 Å². The van der Waals surface area contributed by atoms with E-state index in [2.05, 4.69) is 0 Å². The molecular formula is C5H4F7N. The van der Waals surface area contributed by atoms with Crippen molar-refractivity contribution < 1.29 is 30.7 Å². The number of hydrogen-bond acceptors (Lipinski definition) is 1. The molecule has 0 aliphatic heterocycles. The second kappa shape index (κ2) is 3.43. The first-order valence-corrected chi connectivity index (χ1v) is 2.81. The minimum Gasteiger partial charge on any atom is -0.214 e. The topological polar surface area (TPSA) is 3.24 Å². The van der Waals surface area contributed by atoms with Crippen molar-refractivity contribution in [2.45, 2.75) is 19.5 Å². The molecule has 0 spiro atoms. The van der Waals surface area contributed by atoms with Crippen molar-refractivity contribution >= 4 is 0 Å². The van der Waals surface area contributed by atoms with Crippen LogP contribution in [-0.2, 0) is 0 Å². The Hall–Kier alpha value is -0.950. The van der Waals surface area contributed by atoms with Crippen molar-refractivity contribution in [3.63, 3.8) is 0 Å². The zero-order valence-corrected chi connectivity index (χ0v) is 6.17. The van der Waals surface area contributed by atoms with Gasteiger partial charge in [0.25, 0.3) is 0 Å². The summed E-state index contributed by atoms with van der Waals surface area (Å²) >= 11 is 0. The summed E-state index contributed by atoms with van der Waals surface area (Å²) in [6.45, 7) is 0.362. The Bertz CT molecular complexity index is 186. The van der Waals surface area contributed by atoms with E-state index >= 15 is 0 Å². The van der Waals surface area contributed by atoms with Crippen molar-refractivity contribution in [2.75, 3.05) is 0 Å². The number of halogens is 7. The fourth-order valence-corrected chi connectivity index (χ4v) is 0.592. The summed E-state index contributed by atoms with van der Waals surface area (Å²) in [5.41, 5.74) is -1.57.